The first-order valence-corrected chi connectivity index (χ1v) is 10.3. The maximum Gasteiger partial charge on any atom is 0.262 e. The molecule has 0 aliphatic rings. The predicted octanol–water partition coefficient (Wildman–Crippen LogP) is 3.90. The van der Waals surface area contributed by atoms with Crippen LogP contribution in [0.3, 0.4) is 0 Å². The number of benzene rings is 2. The summed E-state index contributed by atoms with van der Waals surface area (Å²) in [5.41, 5.74) is 1.13. The van der Waals surface area contributed by atoms with E-state index in [2.05, 4.69) is 4.98 Å². The second-order valence-electron chi connectivity index (χ2n) is 6.43. The van der Waals surface area contributed by atoms with Gasteiger partial charge in [-0.15, -0.1) is 0 Å². The Morgan fingerprint density at radius 2 is 1.86 bits per heavy atom. The largest absolute Gasteiger partial charge is 0.493 e. The van der Waals surface area contributed by atoms with Crippen LogP contribution >= 0.6 is 23.4 Å². The van der Waals surface area contributed by atoms with Crippen molar-refractivity contribution >= 4 is 29.3 Å². The fourth-order valence-electron chi connectivity index (χ4n) is 2.77. The minimum atomic E-state index is -0.444. The molecule has 0 unspecified atom stereocenters. The molecule has 6 nitrogen and oxygen atoms in total. The van der Waals surface area contributed by atoms with Gasteiger partial charge >= 0.3 is 0 Å². The summed E-state index contributed by atoms with van der Waals surface area (Å²) in [5.74, 6) is -0.440. The summed E-state index contributed by atoms with van der Waals surface area (Å²) in [6.45, 7) is 1.95. The van der Waals surface area contributed by atoms with Crippen LogP contribution in [0.5, 0.6) is 5.88 Å². The standard InChI is InChI=1S/C21H20ClN3O3S/c1-14(15-6-4-3-5-7-15)24(2)20(28)13-29-21-23-18(26)12-19(27)25(21)17-10-8-16(22)9-11-17/h3-12,14,26H,13H2,1-2H3/t14-/m1/s1. The summed E-state index contributed by atoms with van der Waals surface area (Å²) >= 11 is 7.01. The number of aromatic hydroxyl groups is 1. The molecule has 1 heterocycles. The molecule has 150 valence electrons. The van der Waals surface area contributed by atoms with E-state index in [4.69, 9.17) is 11.6 Å². The smallest absolute Gasteiger partial charge is 0.262 e. The highest BCUT2D eigenvalue weighted by Gasteiger charge is 2.19. The van der Waals surface area contributed by atoms with Gasteiger partial charge in [0.25, 0.3) is 5.56 Å². The van der Waals surface area contributed by atoms with E-state index >= 15 is 0 Å². The molecule has 1 N–H and O–H groups in total. The Morgan fingerprint density at radius 3 is 2.52 bits per heavy atom. The van der Waals surface area contributed by atoms with Crippen LogP contribution in [0.25, 0.3) is 5.69 Å². The summed E-state index contributed by atoms with van der Waals surface area (Å²) in [5, 5.41) is 10.5. The molecule has 0 spiro atoms. The van der Waals surface area contributed by atoms with E-state index in [1.165, 1.54) is 4.57 Å². The summed E-state index contributed by atoms with van der Waals surface area (Å²) in [7, 11) is 1.74. The fourth-order valence-corrected chi connectivity index (χ4v) is 3.84. The van der Waals surface area contributed by atoms with Gasteiger partial charge in [0, 0.05) is 12.1 Å². The topological polar surface area (TPSA) is 75.4 Å². The first kappa shape index (κ1) is 21.0. The van der Waals surface area contributed by atoms with Crippen molar-refractivity contribution in [3.63, 3.8) is 0 Å². The minimum Gasteiger partial charge on any atom is -0.493 e. The zero-order valence-electron chi connectivity index (χ0n) is 15.9. The number of amides is 1. The molecule has 1 amide bonds. The number of aromatic nitrogens is 2. The van der Waals surface area contributed by atoms with Gasteiger partial charge in [-0.3, -0.25) is 14.2 Å². The van der Waals surface area contributed by atoms with Gasteiger partial charge in [0.05, 0.1) is 23.5 Å². The fraction of sp³-hybridized carbons (Fsp3) is 0.190. The third-order valence-electron chi connectivity index (χ3n) is 4.54. The molecule has 3 aromatic rings. The predicted molar refractivity (Wildman–Crippen MR) is 115 cm³/mol. The Labute approximate surface area is 177 Å². The average molecular weight is 430 g/mol. The zero-order valence-corrected chi connectivity index (χ0v) is 17.5. The maximum absolute atomic E-state index is 12.7. The number of halogens is 1. The van der Waals surface area contributed by atoms with E-state index in [-0.39, 0.29) is 28.7 Å². The third-order valence-corrected chi connectivity index (χ3v) is 5.72. The van der Waals surface area contributed by atoms with Gasteiger partial charge in [-0.05, 0) is 36.8 Å². The lowest BCUT2D eigenvalue weighted by molar-refractivity contribution is -0.128. The molecular formula is C21H20ClN3O3S. The van der Waals surface area contributed by atoms with Crippen LogP contribution in [0.1, 0.15) is 18.5 Å². The molecule has 1 aromatic heterocycles. The number of carbonyl (C=O) groups excluding carboxylic acids is 1. The SMILES string of the molecule is C[C@H](c1ccccc1)N(C)C(=O)CSc1nc(O)cc(=O)n1-c1ccc(Cl)cc1. The van der Waals surface area contributed by atoms with E-state index in [9.17, 15) is 14.7 Å². The zero-order chi connectivity index (χ0) is 21.0. The van der Waals surface area contributed by atoms with Crippen LogP contribution in [0.2, 0.25) is 5.02 Å². The van der Waals surface area contributed by atoms with Gasteiger partial charge in [-0.2, -0.15) is 4.98 Å². The highest BCUT2D eigenvalue weighted by molar-refractivity contribution is 7.99. The maximum atomic E-state index is 12.7. The van der Waals surface area contributed by atoms with Gasteiger partial charge in [-0.1, -0.05) is 53.7 Å². The monoisotopic (exact) mass is 429 g/mol. The normalized spacial score (nSPS) is 11.8. The van der Waals surface area contributed by atoms with E-state index in [0.29, 0.717) is 10.7 Å². The molecule has 0 fully saturated rings. The van der Waals surface area contributed by atoms with Crippen molar-refractivity contribution < 1.29 is 9.90 Å². The lowest BCUT2D eigenvalue weighted by atomic mass is 10.1. The van der Waals surface area contributed by atoms with Crippen LogP contribution < -0.4 is 5.56 Å². The lowest BCUT2D eigenvalue weighted by Crippen LogP contribution is -2.31. The Bertz CT molecular complexity index is 1060. The molecule has 0 saturated carbocycles. The lowest BCUT2D eigenvalue weighted by Gasteiger charge is -2.25. The van der Waals surface area contributed by atoms with E-state index in [0.717, 1.165) is 23.4 Å². The molecule has 2 aromatic carbocycles. The highest BCUT2D eigenvalue weighted by Crippen LogP contribution is 2.24. The van der Waals surface area contributed by atoms with Crippen LogP contribution in [-0.4, -0.2) is 38.3 Å². The van der Waals surface area contributed by atoms with E-state index in [1.54, 1.807) is 36.2 Å². The van der Waals surface area contributed by atoms with E-state index in [1.807, 2.05) is 37.3 Å². The molecule has 0 bridgehead atoms. The Balaban J connectivity index is 1.80. The van der Waals surface area contributed by atoms with Gasteiger partial charge in [-0.25, -0.2) is 0 Å². The van der Waals surface area contributed by atoms with Crippen molar-refractivity contribution in [2.45, 2.75) is 18.1 Å². The van der Waals surface area contributed by atoms with Crippen LogP contribution in [0.4, 0.5) is 0 Å². The number of hydrogen-bond donors (Lipinski definition) is 1. The van der Waals surface area contributed by atoms with Crippen LogP contribution in [0, 0.1) is 0 Å². The second-order valence-corrected chi connectivity index (χ2v) is 7.81. The van der Waals surface area contributed by atoms with Crippen LogP contribution in [0.15, 0.2) is 70.6 Å². The number of nitrogens with zero attached hydrogens (tertiary/aromatic N) is 3. The summed E-state index contributed by atoms with van der Waals surface area (Å²) in [4.78, 5) is 30.8. The summed E-state index contributed by atoms with van der Waals surface area (Å²) < 4.78 is 1.34. The Hall–Kier alpha value is -2.77. The molecule has 0 aliphatic carbocycles. The molecule has 29 heavy (non-hydrogen) atoms. The van der Waals surface area contributed by atoms with Crippen molar-refractivity contribution in [2.24, 2.45) is 0 Å². The minimum absolute atomic E-state index is 0.0666. The summed E-state index contributed by atoms with van der Waals surface area (Å²) in [6, 6.07) is 17.3. The third kappa shape index (κ3) is 4.99. The van der Waals surface area contributed by atoms with Crippen molar-refractivity contribution in [2.75, 3.05) is 12.8 Å². The average Bonchev–Trinajstić information content (AvgIpc) is 2.72. The second kappa shape index (κ2) is 9.15. The number of carbonyl (C=O) groups is 1. The Morgan fingerprint density at radius 1 is 1.21 bits per heavy atom. The van der Waals surface area contributed by atoms with Gasteiger partial charge < -0.3 is 10.0 Å². The molecular weight excluding hydrogens is 410 g/mol. The van der Waals surface area contributed by atoms with Gasteiger partial charge in [0.2, 0.25) is 11.8 Å². The molecule has 1 atom stereocenters. The summed E-state index contributed by atoms with van der Waals surface area (Å²) in [6.07, 6.45) is 0. The number of thioether (sulfide) groups is 1. The molecule has 0 aliphatic heterocycles. The van der Waals surface area contributed by atoms with Crippen molar-refractivity contribution in [1.82, 2.24) is 14.5 Å². The first-order valence-electron chi connectivity index (χ1n) is 8.89. The molecule has 0 radical (unpaired) electrons. The van der Waals surface area contributed by atoms with Crippen LogP contribution in [-0.2, 0) is 4.79 Å². The number of rotatable bonds is 6. The Kier molecular flexibility index (Phi) is 6.61. The highest BCUT2D eigenvalue weighted by atomic mass is 35.5. The van der Waals surface area contributed by atoms with Crippen molar-refractivity contribution in [3.8, 4) is 11.6 Å². The first-order chi connectivity index (χ1) is 13.9. The van der Waals surface area contributed by atoms with Crippen molar-refractivity contribution in [3.05, 3.63) is 81.6 Å². The quantitative estimate of drug-likeness (QED) is 0.475. The number of hydrogen-bond acceptors (Lipinski definition) is 5. The van der Waals surface area contributed by atoms with Crippen molar-refractivity contribution in [1.29, 1.82) is 0 Å². The van der Waals surface area contributed by atoms with Gasteiger partial charge in [0.1, 0.15) is 0 Å². The van der Waals surface area contributed by atoms with Gasteiger partial charge in [0.15, 0.2) is 5.16 Å². The molecule has 3 rings (SSSR count). The molecule has 8 heteroatoms. The van der Waals surface area contributed by atoms with E-state index < -0.39 is 5.56 Å². The molecule has 0 saturated heterocycles.